The normalized spacial score (nSPS) is 11.6. The summed E-state index contributed by atoms with van der Waals surface area (Å²) in [4.78, 5) is 44.6. The molecule has 2 amide bonds. The number of nitro benzene ring substituents is 2. The average molecular weight is 468 g/mol. The van der Waals surface area contributed by atoms with Gasteiger partial charge in [0.05, 0.1) is 21.3 Å². The van der Waals surface area contributed by atoms with E-state index in [-0.39, 0.29) is 36.0 Å². The van der Waals surface area contributed by atoms with Crippen LogP contribution in [0.25, 0.3) is 0 Å². The van der Waals surface area contributed by atoms with E-state index in [1.807, 2.05) is 0 Å². The fraction of sp³-hybridized carbons (Fsp3) is 0.273. The third-order valence-electron chi connectivity index (χ3n) is 4.70. The molecular formula is C22H24N6O6. The molecule has 12 heteroatoms. The number of nitrogens with zero attached hydrogens (tertiary/aromatic N) is 4. The molecule has 0 atom stereocenters. The van der Waals surface area contributed by atoms with Crippen molar-refractivity contribution in [3.8, 4) is 0 Å². The van der Waals surface area contributed by atoms with Gasteiger partial charge in [-0.1, -0.05) is 24.3 Å². The molecule has 12 nitrogen and oxygen atoms in total. The van der Waals surface area contributed by atoms with Crippen molar-refractivity contribution in [3.63, 3.8) is 0 Å². The van der Waals surface area contributed by atoms with Crippen LogP contribution in [0.15, 0.2) is 58.7 Å². The molecule has 2 aromatic carbocycles. The Bertz CT molecular complexity index is 1050. The van der Waals surface area contributed by atoms with Crippen molar-refractivity contribution in [2.24, 2.45) is 10.2 Å². The molecule has 0 spiro atoms. The summed E-state index contributed by atoms with van der Waals surface area (Å²) < 4.78 is 0. The van der Waals surface area contributed by atoms with E-state index in [0.717, 1.165) is 0 Å². The molecule has 0 saturated heterocycles. The number of hydrogen-bond acceptors (Lipinski definition) is 8. The molecule has 2 rings (SSSR count). The molecule has 0 aliphatic rings. The predicted octanol–water partition coefficient (Wildman–Crippen LogP) is 3.44. The Morgan fingerprint density at radius 3 is 1.50 bits per heavy atom. The highest BCUT2D eigenvalue weighted by molar-refractivity contribution is 6.00. The summed E-state index contributed by atoms with van der Waals surface area (Å²) in [5.74, 6) is -0.686. The molecule has 2 aromatic rings. The third kappa shape index (κ3) is 8.22. The molecule has 0 heterocycles. The number of hydrazone groups is 2. The van der Waals surface area contributed by atoms with Gasteiger partial charge in [-0.2, -0.15) is 10.2 Å². The number of non-ortho nitro benzene ring substituents is 2. The number of rotatable bonds is 11. The first-order valence-corrected chi connectivity index (χ1v) is 10.3. The second kappa shape index (κ2) is 12.5. The van der Waals surface area contributed by atoms with Crippen LogP contribution in [0.3, 0.4) is 0 Å². The van der Waals surface area contributed by atoms with Gasteiger partial charge in [0, 0.05) is 48.2 Å². The van der Waals surface area contributed by atoms with Gasteiger partial charge in [0.2, 0.25) is 11.8 Å². The van der Waals surface area contributed by atoms with Crippen molar-refractivity contribution in [2.75, 3.05) is 0 Å². The van der Waals surface area contributed by atoms with Crippen LogP contribution in [0.5, 0.6) is 0 Å². The summed E-state index contributed by atoms with van der Waals surface area (Å²) in [6, 6.07) is 11.8. The van der Waals surface area contributed by atoms with E-state index in [0.29, 0.717) is 35.4 Å². The van der Waals surface area contributed by atoms with E-state index in [9.17, 15) is 29.8 Å². The molecule has 0 aliphatic carbocycles. The monoisotopic (exact) mass is 468 g/mol. The van der Waals surface area contributed by atoms with Crippen molar-refractivity contribution in [1.29, 1.82) is 0 Å². The predicted molar refractivity (Wildman–Crippen MR) is 125 cm³/mol. The molecule has 0 aromatic heterocycles. The maximum atomic E-state index is 11.9. The number of benzene rings is 2. The third-order valence-corrected chi connectivity index (χ3v) is 4.70. The fourth-order valence-corrected chi connectivity index (χ4v) is 2.79. The molecule has 178 valence electrons. The molecule has 2 N–H and O–H groups in total. The van der Waals surface area contributed by atoms with Crippen LogP contribution >= 0.6 is 0 Å². The first kappa shape index (κ1) is 25.8. The Hall–Kier alpha value is -4.48. The van der Waals surface area contributed by atoms with Gasteiger partial charge in [-0.25, -0.2) is 10.9 Å². The quantitative estimate of drug-likeness (QED) is 0.221. The smallest absolute Gasteiger partial charge is 0.270 e. The summed E-state index contributed by atoms with van der Waals surface area (Å²) in [5, 5.41) is 29.6. The average Bonchev–Trinajstić information content (AvgIpc) is 2.83. The Balaban J connectivity index is 1.73. The van der Waals surface area contributed by atoms with Crippen LogP contribution in [-0.2, 0) is 9.59 Å². The van der Waals surface area contributed by atoms with Crippen LogP contribution in [0, 0.1) is 20.2 Å². The van der Waals surface area contributed by atoms with Crippen LogP contribution < -0.4 is 10.9 Å². The minimum atomic E-state index is -0.508. The van der Waals surface area contributed by atoms with E-state index in [1.165, 1.54) is 36.4 Å². The summed E-state index contributed by atoms with van der Waals surface area (Å²) in [5.41, 5.74) is 6.55. The van der Waals surface area contributed by atoms with Crippen LogP contribution in [0.1, 0.15) is 50.7 Å². The number of hydrogen-bond donors (Lipinski definition) is 2. The molecule has 0 saturated carbocycles. The van der Waals surface area contributed by atoms with Gasteiger partial charge >= 0.3 is 0 Å². The lowest BCUT2D eigenvalue weighted by Gasteiger charge is -2.04. The van der Waals surface area contributed by atoms with Gasteiger partial charge < -0.3 is 0 Å². The van der Waals surface area contributed by atoms with Crippen molar-refractivity contribution >= 4 is 34.6 Å². The summed E-state index contributed by atoms with van der Waals surface area (Å²) in [7, 11) is 0. The standard InChI is InChI=1S/C22H24N6O6/c1-15(17-7-5-9-19(13-17)27(31)32)23-25-21(29)11-3-4-12-22(30)26-24-16(2)18-8-6-10-20(14-18)28(33)34/h5-10,13-14H,3-4,11-12H2,1-2H3,(H,25,29)(H,26,30)/b23-15-,24-16-. The number of nitro groups is 2. The largest absolute Gasteiger partial charge is 0.273 e. The van der Waals surface area contributed by atoms with Gasteiger partial charge in [0.15, 0.2) is 0 Å². The maximum Gasteiger partial charge on any atom is 0.270 e. The fourth-order valence-electron chi connectivity index (χ4n) is 2.79. The summed E-state index contributed by atoms with van der Waals surface area (Å²) in [6.07, 6.45) is 1.18. The minimum absolute atomic E-state index is 0.0683. The highest BCUT2D eigenvalue weighted by atomic mass is 16.6. The second-order valence-corrected chi connectivity index (χ2v) is 7.29. The van der Waals surface area contributed by atoms with Gasteiger partial charge in [-0.15, -0.1) is 0 Å². The summed E-state index contributed by atoms with van der Waals surface area (Å²) >= 11 is 0. The maximum absolute atomic E-state index is 11.9. The van der Waals surface area contributed by atoms with Crippen molar-refractivity contribution in [1.82, 2.24) is 10.9 Å². The SMILES string of the molecule is C/C(=N/NC(=O)CCCCC(=O)N/N=C(/C)c1cccc([N+](=O)[O-])c1)c1cccc([N+](=O)[O-])c1. The highest BCUT2D eigenvalue weighted by Crippen LogP contribution is 2.14. The Morgan fingerprint density at radius 1 is 0.765 bits per heavy atom. The minimum Gasteiger partial charge on any atom is -0.273 e. The second-order valence-electron chi connectivity index (χ2n) is 7.29. The van der Waals surface area contributed by atoms with E-state index in [1.54, 1.807) is 26.0 Å². The zero-order valence-corrected chi connectivity index (χ0v) is 18.7. The molecule has 34 heavy (non-hydrogen) atoms. The number of carbonyl (C=O) groups excluding carboxylic acids is 2. The topological polar surface area (TPSA) is 169 Å². The van der Waals surface area contributed by atoms with Crippen LogP contribution in [0.4, 0.5) is 11.4 Å². The number of nitrogens with one attached hydrogen (secondary N) is 2. The zero-order valence-electron chi connectivity index (χ0n) is 18.7. The van der Waals surface area contributed by atoms with E-state index in [4.69, 9.17) is 0 Å². The van der Waals surface area contributed by atoms with Crippen molar-refractivity contribution in [2.45, 2.75) is 39.5 Å². The molecular weight excluding hydrogens is 444 g/mol. The Morgan fingerprint density at radius 2 is 1.15 bits per heavy atom. The van der Waals surface area contributed by atoms with Crippen molar-refractivity contribution < 1.29 is 19.4 Å². The number of unbranched alkanes of at least 4 members (excludes halogenated alkanes) is 1. The zero-order chi connectivity index (χ0) is 25.1. The lowest BCUT2D eigenvalue weighted by Crippen LogP contribution is -2.20. The van der Waals surface area contributed by atoms with Gasteiger partial charge in [0.25, 0.3) is 11.4 Å². The van der Waals surface area contributed by atoms with Gasteiger partial charge in [0.1, 0.15) is 0 Å². The van der Waals surface area contributed by atoms with Crippen LogP contribution in [0.2, 0.25) is 0 Å². The number of carbonyl (C=O) groups is 2. The van der Waals surface area contributed by atoms with Gasteiger partial charge in [-0.3, -0.25) is 29.8 Å². The van der Waals surface area contributed by atoms with E-state index < -0.39 is 9.85 Å². The molecule has 0 radical (unpaired) electrons. The highest BCUT2D eigenvalue weighted by Gasteiger charge is 2.09. The molecule has 0 aliphatic heterocycles. The molecule has 0 bridgehead atoms. The Labute approximate surface area is 195 Å². The van der Waals surface area contributed by atoms with Gasteiger partial charge in [-0.05, 0) is 26.7 Å². The molecule has 0 fully saturated rings. The van der Waals surface area contributed by atoms with Crippen LogP contribution in [-0.4, -0.2) is 33.1 Å². The lowest BCUT2D eigenvalue weighted by molar-refractivity contribution is -0.385. The first-order valence-electron chi connectivity index (χ1n) is 10.3. The Kier molecular flexibility index (Phi) is 9.50. The summed E-state index contributed by atoms with van der Waals surface area (Å²) in [6.45, 7) is 3.25. The van der Waals surface area contributed by atoms with E-state index >= 15 is 0 Å². The number of amides is 2. The van der Waals surface area contributed by atoms with Crippen molar-refractivity contribution in [3.05, 3.63) is 79.9 Å². The van der Waals surface area contributed by atoms with E-state index in [2.05, 4.69) is 21.1 Å². The first-order chi connectivity index (χ1) is 16.2. The lowest BCUT2D eigenvalue weighted by atomic mass is 10.1. The molecule has 0 unspecified atom stereocenters.